The number of anilines is 1. The molecule has 0 saturated heterocycles. The highest BCUT2D eigenvalue weighted by Gasteiger charge is 2.29. The van der Waals surface area contributed by atoms with E-state index in [1.54, 1.807) is 0 Å². The molecular weight excluding hydrogens is 463 g/mol. The third kappa shape index (κ3) is 4.98. The summed E-state index contributed by atoms with van der Waals surface area (Å²) in [5.74, 6) is -1.03. The minimum atomic E-state index is -3.97. The van der Waals surface area contributed by atoms with Crippen LogP contribution < -0.4 is 19.5 Å². The number of hydrogen-bond acceptors (Lipinski definition) is 6. The van der Waals surface area contributed by atoms with Crippen molar-refractivity contribution in [3.05, 3.63) is 46.7 Å². The average molecular weight is 485 g/mol. The summed E-state index contributed by atoms with van der Waals surface area (Å²) in [6, 6.07) is 5.92. The predicted octanol–water partition coefficient (Wildman–Crippen LogP) is 3.08. The standard InChI is InChI=1S/C21H22ClFN2O6S/c22-17-9-13(3-6-18(17)23)24-21(27)16-10-15(11-19-20(16)31-8-7-30-19)32(28,29)25-12-1-4-14(26)5-2-12/h3,6,9-12,14,25-26H,1-2,4-5,7-8H2,(H,24,27). The lowest BCUT2D eigenvalue weighted by atomic mass is 9.94. The van der Waals surface area contributed by atoms with Crippen LogP contribution in [0.2, 0.25) is 5.02 Å². The van der Waals surface area contributed by atoms with Gasteiger partial charge in [0.25, 0.3) is 5.91 Å². The lowest BCUT2D eigenvalue weighted by Crippen LogP contribution is -2.38. The molecule has 2 aromatic rings. The number of rotatable bonds is 5. The molecule has 1 aliphatic carbocycles. The zero-order valence-electron chi connectivity index (χ0n) is 16.9. The summed E-state index contributed by atoms with van der Waals surface area (Å²) in [6.07, 6.45) is 1.65. The molecule has 11 heteroatoms. The highest BCUT2D eigenvalue weighted by atomic mass is 35.5. The summed E-state index contributed by atoms with van der Waals surface area (Å²) in [7, 11) is -3.97. The van der Waals surface area contributed by atoms with Crippen LogP contribution in [-0.4, -0.2) is 44.8 Å². The van der Waals surface area contributed by atoms with Crippen LogP contribution in [0.3, 0.4) is 0 Å². The van der Waals surface area contributed by atoms with Crippen molar-refractivity contribution in [3.8, 4) is 11.5 Å². The van der Waals surface area contributed by atoms with Crippen molar-refractivity contribution in [3.63, 3.8) is 0 Å². The summed E-state index contributed by atoms with van der Waals surface area (Å²) < 4.78 is 53.2. The summed E-state index contributed by atoms with van der Waals surface area (Å²) in [5.41, 5.74) is 0.195. The van der Waals surface area contributed by atoms with Crippen LogP contribution >= 0.6 is 11.6 Å². The van der Waals surface area contributed by atoms with Gasteiger partial charge in [0.2, 0.25) is 10.0 Å². The van der Waals surface area contributed by atoms with E-state index in [1.807, 2.05) is 0 Å². The number of fused-ring (bicyclic) bond motifs is 1. The maximum absolute atomic E-state index is 13.4. The second-order valence-electron chi connectivity index (χ2n) is 7.70. The van der Waals surface area contributed by atoms with Crippen molar-refractivity contribution in [2.75, 3.05) is 18.5 Å². The molecule has 2 aliphatic rings. The largest absolute Gasteiger partial charge is 0.486 e. The van der Waals surface area contributed by atoms with Gasteiger partial charge in [-0.3, -0.25) is 4.79 Å². The minimum Gasteiger partial charge on any atom is -0.486 e. The molecule has 172 valence electrons. The first-order chi connectivity index (χ1) is 15.2. The van der Waals surface area contributed by atoms with E-state index in [9.17, 15) is 22.7 Å². The number of halogens is 2. The summed E-state index contributed by atoms with van der Waals surface area (Å²) in [6.45, 7) is 0.406. The number of nitrogens with one attached hydrogen (secondary N) is 2. The lowest BCUT2D eigenvalue weighted by molar-refractivity contribution is 0.101. The van der Waals surface area contributed by atoms with Crippen LogP contribution in [0.5, 0.6) is 11.5 Å². The van der Waals surface area contributed by atoms with E-state index in [2.05, 4.69) is 10.0 Å². The number of ether oxygens (including phenoxy) is 2. The number of amides is 1. The summed E-state index contributed by atoms with van der Waals surface area (Å²) in [4.78, 5) is 12.8. The van der Waals surface area contributed by atoms with Gasteiger partial charge in [0.15, 0.2) is 11.5 Å². The molecule has 4 rings (SSSR count). The predicted molar refractivity (Wildman–Crippen MR) is 115 cm³/mol. The van der Waals surface area contributed by atoms with E-state index in [0.717, 1.165) is 6.07 Å². The van der Waals surface area contributed by atoms with E-state index < -0.39 is 27.9 Å². The molecule has 0 bridgehead atoms. The third-order valence-electron chi connectivity index (χ3n) is 5.37. The molecule has 0 radical (unpaired) electrons. The molecule has 8 nitrogen and oxygen atoms in total. The van der Waals surface area contributed by atoms with Crippen molar-refractivity contribution >= 4 is 33.2 Å². The van der Waals surface area contributed by atoms with Crippen molar-refractivity contribution < 1.29 is 32.2 Å². The molecular formula is C21H22ClFN2O6S. The van der Waals surface area contributed by atoms with Gasteiger partial charge in [-0.05, 0) is 49.9 Å². The molecule has 0 spiro atoms. The van der Waals surface area contributed by atoms with Crippen molar-refractivity contribution in [2.24, 2.45) is 0 Å². The Labute approximate surface area is 189 Å². The highest BCUT2D eigenvalue weighted by molar-refractivity contribution is 7.89. The maximum atomic E-state index is 13.4. The minimum absolute atomic E-state index is 0.0397. The van der Waals surface area contributed by atoms with Gasteiger partial charge in [0.05, 0.1) is 21.6 Å². The fourth-order valence-corrected chi connectivity index (χ4v) is 5.23. The SMILES string of the molecule is O=C(Nc1ccc(F)c(Cl)c1)c1cc(S(=O)(=O)NC2CCC(O)CC2)cc2c1OCCO2. The number of hydrogen-bond donors (Lipinski definition) is 3. The second-order valence-corrected chi connectivity index (χ2v) is 9.83. The molecule has 0 unspecified atom stereocenters. The van der Waals surface area contributed by atoms with E-state index >= 15 is 0 Å². The van der Waals surface area contributed by atoms with Crippen molar-refractivity contribution in [1.82, 2.24) is 4.72 Å². The van der Waals surface area contributed by atoms with Crippen molar-refractivity contribution in [2.45, 2.75) is 42.7 Å². The quantitative estimate of drug-likeness (QED) is 0.601. The Balaban J connectivity index is 1.64. The smallest absolute Gasteiger partial charge is 0.259 e. The van der Waals surface area contributed by atoms with Gasteiger partial charge in [-0.2, -0.15) is 0 Å². The number of carbonyl (C=O) groups excluding carboxylic acids is 1. The Hall–Kier alpha value is -2.40. The summed E-state index contributed by atoms with van der Waals surface area (Å²) in [5, 5.41) is 12.1. The highest BCUT2D eigenvalue weighted by Crippen LogP contribution is 2.37. The number of aliphatic hydroxyl groups is 1. The van der Waals surface area contributed by atoms with Gasteiger partial charge in [0.1, 0.15) is 19.0 Å². The zero-order valence-corrected chi connectivity index (χ0v) is 18.5. The van der Waals surface area contributed by atoms with E-state index in [-0.39, 0.29) is 51.9 Å². The molecule has 0 atom stereocenters. The van der Waals surface area contributed by atoms with Gasteiger partial charge in [-0.1, -0.05) is 11.6 Å². The Bertz CT molecular complexity index is 1140. The van der Waals surface area contributed by atoms with E-state index in [0.29, 0.717) is 25.7 Å². The van der Waals surface area contributed by atoms with Gasteiger partial charge in [-0.25, -0.2) is 17.5 Å². The zero-order chi connectivity index (χ0) is 22.9. The first kappa shape index (κ1) is 22.8. The topological polar surface area (TPSA) is 114 Å². The maximum Gasteiger partial charge on any atom is 0.259 e. The lowest BCUT2D eigenvalue weighted by Gasteiger charge is -2.26. The molecule has 1 saturated carbocycles. The molecule has 1 fully saturated rings. The van der Waals surface area contributed by atoms with E-state index in [1.165, 1.54) is 24.3 Å². The van der Waals surface area contributed by atoms with Crippen LogP contribution in [0.15, 0.2) is 35.2 Å². The number of aliphatic hydroxyl groups excluding tert-OH is 1. The fourth-order valence-electron chi connectivity index (χ4n) is 3.71. The molecule has 1 amide bonds. The van der Waals surface area contributed by atoms with Gasteiger partial charge in [0, 0.05) is 17.8 Å². The van der Waals surface area contributed by atoms with Crippen LogP contribution in [0.25, 0.3) is 0 Å². The van der Waals surface area contributed by atoms with Crippen molar-refractivity contribution in [1.29, 1.82) is 0 Å². The second kappa shape index (κ2) is 9.22. The molecule has 1 heterocycles. The first-order valence-electron chi connectivity index (χ1n) is 10.1. The number of sulfonamides is 1. The molecule has 2 aromatic carbocycles. The Kier molecular flexibility index (Phi) is 6.57. The molecule has 3 N–H and O–H groups in total. The Morgan fingerprint density at radius 2 is 1.81 bits per heavy atom. The Morgan fingerprint density at radius 1 is 1.09 bits per heavy atom. The van der Waals surface area contributed by atoms with Crippen LogP contribution in [0.1, 0.15) is 36.0 Å². The number of benzene rings is 2. The monoisotopic (exact) mass is 484 g/mol. The van der Waals surface area contributed by atoms with Gasteiger partial charge < -0.3 is 19.9 Å². The molecule has 1 aliphatic heterocycles. The van der Waals surface area contributed by atoms with Crippen LogP contribution in [0, 0.1) is 5.82 Å². The average Bonchev–Trinajstić information content (AvgIpc) is 2.77. The summed E-state index contributed by atoms with van der Waals surface area (Å²) >= 11 is 5.77. The van der Waals surface area contributed by atoms with E-state index in [4.69, 9.17) is 21.1 Å². The fraction of sp³-hybridized carbons (Fsp3) is 0.381. The number of carbonyl (C=O) groups is 1. The normalized spacial score (nSPS) is 20.6. The Morgan fingerprint density at radius 3 is 2.53 bits per heavy atom. The molecule has 32 heavy (non-hydrogen) atoms. The van der Waals surface area contributed by atoms with Gasteiger partial charge >= 0.3 is 0 Å². The van der Waals surface area contributed by atoms with Gasteiger partial charge in [-0.15, -0.1) is 0 Å². The van der Waals surface area contributed by atoms with Crippen LogP contribution in [0.4, 0.5) is 10.1 Å². The first-order valence-corrected chi connectivity index (χ1v) is 12.0. The van der Waals surface area contributed by atoms with Crippen LogP contribution in [-0.2, 0) is 10.0 Å². The molecule has 0 aromatic heterocycles. The third-order valence-corrected chi connectivity index (χ3v) is 7.16.